The van der Waals surface area contributed by atoms with Gasteiger partial charge in [0.1, 0.15) is 5.70 Å². The number of aliphatic hydroxyl groups excluding tert-OH is 1. The number of carbonyl (C=O) groups is 2. The molecule has 29 heavy (non-hydrogen) atoms. The van der Waals surface area contributed by atoms with Crippen molar-refractivity contribution in [3.8, 4) is 5.69 Å². The van der Waals surface area contributed by atoms with Gasteiger partial charge in [-0.05, 0) is 24.3 Å². The van der Waals surface area contributed by atoms with Gasteiger partial charge < -0.3 is 20.1 Å². The summed E-state index contributed by atoms with van der Waals surface area (Å²) in [6.07, 6.45) is 0. The summed E-state index contributed by atoms with van der Waals surface area (Å²) in [6, 6.07) is 6.26. The summed E-state index contributed by atoms with van der Waals surface area (Å²) >= 11 is 0. The minimum absolute atomic E-state index is 0.0297. The molecule has 0 saturated heterocycles. The monoisotopic (exact) mass is 403 g/mol. The van der Waals surface area contributed by atoms with Crippen molar-refractivity contribution in [3.63, 3.8) is 0 Å². The van der Waals surface area contributed by atoms with Crippen molar-refractivity contribution >= 4 is 17.6 Å². The topological polar surface area (TPSA) is 128 Å². The van der Waals surface area contributed by atoms with E-state index >= 15 is 0 Å². The number of esters is 1. The van der Waals surface area contributed by atoms with Gasteiger partial charge in [-0.3, -0.25) is 4.79 Å². The molecule has 11 heteroatoms. The molecule has 0 fully saturated rings. The van der Waals surface area contributed by atoms with Crippen LogP contribution in [0.5, 0.6) is 0 Å². The molecule has 0 spiro atoms. The van der Waals surface area contributed by atoms with Crippen molar-refractivity contribution in [1.29, 1.82) is 0 Å². The molecule has 0 bridgehead atoms. The Bertz CT molecular complexity index is 1070. The third kappa shape index (κ3) is 3.47. The molecule has 2 heterocycles. The predicted molar refractivity (Wildman–Crippen MR) is 103 cm³/mol. The number of aliphatic hydroxyl groups is 1. The SMILES string of the molecule is COC(=O)C1=C(Nc2ccc(-n3c(=O)n(C)n(C)c3=O)cc2)C(=O)N(CCO)C1. The summed E-state index contributed by atoms with van der Waals surface area (Å²) in [6.45, 7) is -0.117. The van der Waals surface area contributed by atoms with Crippen LogP contribution < -0.4 is 16.7 Å². The molecular weight excluding hydrogens is 382 g/mol. The maximum atomic E-state index is 12.5. The first-order chi connectivity index (χ1) is 13.8. The van der Waals surface area contributed by atoms with E-state index in [-0.39, 0.29) is 31.0 Å². The highest BCUT2D eigenvalue weighted by molar-refractivity contribution is 6.08. The lowest BCUT2D eigenvalue weighted by atomic mass is 10.2. The summed E-state index contributed by atoms with van der Waals surface area (Å²) < 4.78 is 8.14. The normalized spacial score (nSPS) is 13.9. The van der Waals surface area contributed by atoms with Gasteiger partial charge >= 0.3 is 17.3 Å². The molecule has 1 amide bonds. The van der Waals surface area contributed by atoms with Gasteiger partial charge in [-0.15, -0.1) is 0 Å². The Hall–Kier alpha value is -3.60. The van der Waals surface area contributed by atoms with Crippen LogP contribution in [-0.2, 0) is 28.4 Å². The molecule has 3 rings (SSSR count). The molecule has 2 N–H and O–H groups in total. The number of carbonyl (C=O) groups excluding carboxylic acids is 2. The molecule has 1 aromatic carbocycles. The lowest BCUT2D eigenvalue weighted by Crippen LogP contribution is -2.31. The molecule has 0 atom stereocenters. The number of nitrogens with zero attached hydrogens (tertiary/aromatic N) is 4. The molecule has 0 aliphatic carbocycles. The summed E-state index contributed by atoms with van der Waals surface area (Å²) in [5.41, 5.74) is 0.0850. The maximum absolute atomic E-state index is 12.5. The Morgan fingerprint density at radius 2 is 1.69 bits per heavy atom. The van der Waals surface area contributed by atoms with Crippen LogP contribution in [0.25, 0.3) is 5.69 Å². The minimum atomic E-state index is -0.641. The van der Waals surface area contributed by atoms with Crippen LogP contribution in [0.2, 0.25) is 0 Å². The molecule has 1 aliphatic rings. The van der Waals surface area contributed by atoms with Gasteiger partial charge in [-0.1, -0.05) is 0 Å². The zero-order valence-electron chi connectivity index (χ0n) is 16.2. The second-order valence-electron chi connectivity index (χ2n) is 6.42. The highest BCUT2D eigenvalue weighted by Gasteiger charge is 2.34. The molecule has 1 aromatic heterocycles. The molecule has 0 saturated carbocycles. The number of amides is 1. The van der Waals surface area contributed by atoms with E-state index in [9.17, 15) is 19.2 Å². The molecule has 1 aliphatic heterocycles. The largest absolute Gasteiger partial charge is 0.466 e. The Morgan fingerprint density at radius 3 is 2.21 bits per heavy atom. The Labute approximate surface area is 165 Å². The second kappa shape index (κ2) is 7.80. The number of methoxy groups -OCH3 is 1. The first kappa shape index (κ1) is 20.1. The van der Waals surface area contributed by atoms with Crippen LogP contribution in [0.1, 0.15) is 0 Å². The lowest BCUT2D eigenvalue weighted by Gasteiger charge is -2.15. The molecular formula is C18H21N5O6. The molecule has 0 radical (unpaired) electrons. The Kier molecular flexibility index (Phi) is 5.41. The van der Waals surface area contributed by atoms with Gasteiger partial charge in [0.25, 0.3) is 5.91 Å². The first-order valence-electron chi connectivity index (χ1n) is 8.74. The summed E-state index contributed by atoms with van der Waals surface area (Å²) in [5, 5.41) is 12.0. The van der Waals surface area contributed by atoms with E-state index in [0.717, 1.165) is 4.57 Å². The maximum Gasteiger partial charge on any atom is 0.351 e. The Morgan fingerprint density at radius 1 is 1.10 bits per heavy atom. The van der Waals surface area contributed by atoms with Crippen LogP contribution in [0.15, 0.2) is 45.1 Å². The summed E-state index contributed by atoms with van der Waals surface area (Å²) in [5.74, 6) is -1.08. The summed E-state index contributed by atoms with van der Waals surface area (Å²) in [4.78, 5) is 50.3. The van der Waals surface area contributed by atoms with E-state index in [1.807, 2.05) is 0 Å². The van der Waals surface area contributed by atoms with Crippen molar-refractivity contribution in [3.05, 3.63) is 56.5 Å². The standard InChI is InChI=1S/C18H21N5O6/c1-20-17(27)23(18(28)21(20)2)12-6-4-11(5-7-12)19-14-13(16(26)29-3)10-22(8-9-24)15(14)25/h4-7,19,24H,8-10H2,1-3H3. The van der Waals surface area contributed by atoms with Crippen molar-refractivity contribution in [2.45, 2.75) is 0 Å². The first-order valence-corrected chi connectivity index (χ1v) is 8.74. The van der Waals surface area contributed by atoms with Gasteiger partial charge in [-0.25, -0.2) is 28.3 Å². The van der Waals surface area contributed by atoms with Crippen molar-refractivity contribution in [2.24, 2.45) is 14.1 Å². The van der Waals surface area contributed by atoms with E-state index in [2.05, 4.69) is 5.32 Å². The number of benzene rings is 1. The van der Waals surface area contributed by atoms with Crippen LogP contribution in [0.4, 0.5) is 5.69 Å². The van der Waals surface area contributed by atoms with Crippen molar-refractivity contribution in [1.82, 2.24) is 18.8 Å². The van der Waals surface area contributed by atoms with E-state index in [1.165, 1.54) is 35.5 Å². The smallest absolute Gasteiger partial charge is 0.351 e. The third-order valence-corrected chi connectivity index (χ3v) is 4.73. The number of ether oxygens (including phenoxy) is 1. The number of hydrogen-bond acceptors (Lipinski definition) is 7. The van der Waals surface area contributed by atoms with E-state index in [4.69, 9.17) is 9.84 Å². The average Bonchev–Trinajstić information content (AvgIpc) is 3.12. The fraction of sp³-hybridized carbons (Fsp3) is 0.333. The van der Waals surface area contributed by atoms with Gasteiger partial charge in [0.2, 0.25) is 0 Å². The van der Waals surface area contributed by atoms with Crippen molar-refractivity contribution < 1.29 is 19.4 Å². The molecule has 2 aromatic rings. The number of rotatable bonds is 6. The third-order valence-electron chi connectivity index (χ3n) is 4.73. The fourth-order valence-corrected chi connectivity index (χ4v) is 3.04. The van der Waals surface area contributed by atoms with Gasteiger partial charge in [0.15, 0.2) is 0 Å². The van der Waals surface area contributed by atoms with Crippen LogP contribution >= 0.6 is 0 Å². The number of nitrogens with one attached hydrogen (secondary N) is 1. The minimum Gasteiger partial charge on any atom is -0.466 e. The Balaban J connectivity index is 1.92. The molecule has 0 unspecified atom stereocenters. The van der Waals surface area contributed by atoms with E-state index in [0.29, 0.717) is 11.4 Å². The fourth-order valence-electron chi connectivity index (χ4n) is 3.04. The second-order valence-corrected chi connectivity index (χ2v) is 6.42. The quantitative estimate of drug-likeness (QED) is 0.565. The number of hydrogen-bond donors (Lipinski definition) is 2. The van der Waals surface area contributed by atoms with Crippen LogP contribution in [0.3, 0.4) is 0 Å². The number of β-amino-alcohol motifs (C(OH)–C–C–N with tert-alkyl or cyclic N) is 1. The average molecular weight is 403 g/mol. The predicted octanol–water partition coefficient (Wildman–Crippen LogP) is -1.45. The zero-order valence-corrected chi connectivity index (χ0v) is 16.2. The van der Waals surface area contributed by atoms with Crippen molar-refractivity contribution in [2.75, 3.05) is 32.1 Å². The highest BCUT2D eigenvalue weighted by atomic mass is 16.5. The van der Waals surface area contributed by atoms with Gasteiger partial charge in [-0.2, -0.15) is 0 Å². The van der Waals surface area contributed by atoms with Crippen LogP contribution in [0, 0.1) is 0 Å². The van der Waals surface area contributed by atoms with Gasteiger partial charge in [0, 0.05) is 26.3 Å². The number of anilines is 1. The number of aromatic nitrogens is 3. The molecule has 11 nitrogen and oxygen atoms in total. The lowest BCUT2D eigenvalue weighted by molar-refractivity contribution is -0.136. The van der Waals surface area contributed by atoms with Gasteiger partial charge in [0.05, 0.1) is 31.5 Å². The summed E-state index contributed by atoms with van der Waals surface area (Å²) in [7, 11) is 4.20. The zero-order chi connectivity index (χ0) is 21.3. The van der Waals surface area contributed by atoms with E-state index < -0.39 is 23.3 Å². The molecule has 154 valence electrons. The van der Waals surface area contributed by atoms with E-state index in [1.54, 1.807) is 24.3 Å². The highest BCUT2D eigenvalue weighted by Crippen LogP contribution is 2.23. The van der Waals surface area contributed by atoms with Crippen LogP contribution in [-0.4, -0.2) is 62.6 Å².